The summed E-state index contributed by atoms with van der Waals surface area (Å²) in [5, 5.41) is 9.96. The van der Waals surface area contributed by atoms with Crippen LogP contribution in [0.5, 0.6) is 5.75 Å². The lowest BCUT2D eigenvalue weighted by molar-refractivity contribution is 0.0305. The Hall–Kier alpha value is -2.19. The number of nitrogens with one attached hydrogen (secondary N) is 2. The molecule has 2 saturated heterocycles. The minimum Gasteiger partial charge on any atom is -0.487 e. The van der Waals surface area contributed by atoms with Crippen molar-refractivity contribution in [2.45, 2.75) is 18.1 Å². The first kappa shape index (κ1) is 15.7. The predicted octanol–water partition coefficient (Wildman–Crippen LogP) is -0.335. The molecule has 8 heteroatoms. The number of nitrogens with zero attached hydrogens (tertiary/aromatic N) is 2. The zero-order chi connectivity index (χ0) is 16.4. The normalized spacial score (nSPS) is 24.8. The second kappa shape index (κ2) is 6.51. The Kier molecular flexibility index (Phi) is 4.45. The summed E-state index contributed by atoms with van der Waals surface area (Å²) in [6.45, 7) is 1.94. The van der Waals surface area contributed by atoms with Crippen molar-refractivity contribution < 1.29 is 9.53 Å². The van der Waals surface area contributed by atoms with Crippen LogP contribution in [-0.4, -0.2) is 62.9 Å². The highest BCUT2D eigenvalue weighted by molar-refractivity contribution is 6.14. The van der Waals surface area contributed by atoms with Gasteiger partial charge in [0, 0.05) is 19.1 Å². The Bertz CT molecular complexity index is 645. The molecule has 23 heavy (non-hydrogen) atoms. The average Bonchev–Trinajstić information content (AvgIpc) is 3.22. The fourth-order valence-corrected chi connectivity index (χ4v) is 2.67. The summed E-state index contributed by atoms with van der Waals surface area (Å²) in [6.07, 6.45) is 1.76. The standard InChI is InChI=1S/C15H18BN5O2/c16-15-14(20-15)9-1-2-12(10(3-9)7-22)23-11-4-21(5-11)6-13(18)19-8-17/h1-3,7-8,11,14-15,20H,4-6H2,(H3,17,18,19). The van der Waals surface area contributed by atoms with E-state index >= 15 is 0 Å². The molecule has 1 aromatic rings. The van der Waals surface area contributed by atoms with Gasteiger partial charge in [-0.15, -0.1) is 0 Å². The molecule has 0 amide bonds. The molecule has 0 bridgehead atoms. The van der Waals surface area contributed by atoms with Crippen LogP contribution in [0.25, 0.3) is 0 Å². The lowest BCUT2D eigenvalue weighted by Gasteiger charge is -2.38. The number of rotatable bonds is 7. The molecule has 0 saturated carbocycles. The Morgan fingerprint density at radius 3 is 2.91 bits per heavy atom. The molecule has 7 nitrogen and oxygen atoms in total. The number of amidine groups is 1. The lowest BCUT2D eigenvalue weighted by atomic mass is 9.96. The van der Waals surface area contributed by atoms with E-state index in [0.29, 0.717) is 36.8 Å². The fraction of sp³-hybridized carbons (Fsp3) is 0.400. The van der Waals surface area contributed by atoms with Gasteiger partial charge in [0.1, 0.15) is 24.0 Å². The first-order valence-corrected chi connectivity index (χ1v) is 7.41. The van der Waals surface area contributed by atoms with Gasteiger partial charge in [0.25, 0.3) is 0 Å². The van der Waals surface area contributed by atoms with Crippen LogP contribution in [0.4, 0.5) is 0 Å². The molecule has 3 rings (SSSR count). The Morgan fingerprint density at radius 1 is 1.57 bits per heavy atom. The van der Waals surface area contributed by atoms with Crippen LogP contribution in [-0.2, 0) is 0 Å². The summed E-state index contributed by atoms with van der Waals surface area (Å²) in [5.41, 5.74) is 7.19. The van der Waals surface area contributed by atoms with E-state index in [0.717, 1.165) is 18.2 Å². The minimum atomic E-state index is -0.0328. The van der Waals surface area contributed by atoms with Crippen LogP contribution in [0.1, 0.15) is 22.0 Å². The lowest BCUT2D eigenvalue weighted by Crippen LogP contribution is -2.56. The van der Waals surface area contributed by atoms with Crippen molar-refractivity contribution in [2.75, 3.05) is 19.6 Å². The number of benzene rings is 1. The average molecular weight is 311 g/mol. The van der Waals surface area contributed by atoms with Crippen LogP contribution in [0.15, 0.2) is 23.2 Å². The van der Waals surface area contributed by atoms with E-state index in [2.05, 4.69) is 15.2 Å². The number of carbonyl (C=O) groups excluding carboxylic acids is 1. The van der Waals surface area contributed by atoms with Gasteiger partial charge < -0.3 is 15.8 Å². The Labute approximate surface area is 135 Å². The third kappa shape index (κ3) is 3.60. The van der Waals surface area contributed by atoms with E-state index in [9.17, 15) is 4.79 Å². The van der Waals surface area contributed by atoms with Crippen molar-refractivity contribution in [3.63, 3.8) is 0 Å². The number of aliphatic imine (C=N–C) groups is 1. The number of nitrogens with two attached hydrogens (primary N) is 1. The van der Waals surface area contributed by atoms with E-state index in [1.54, 1.807) is 0 Å². The quantitative estimate of drug-likeness (QED) is 0.210. The molecule has 2 aliphatic heterocycles. The first-order valence-electron chi connectivity index (χ1n) is 7.41. The molecular formula is C15H18BN5O2. The highest BCUT2D eigenvalue weighted by Gasteiger charge is 2.33. The van der Waals surface area contributed by atoms with E-state index in [4.69, 9.17) is 23.7 Å². The molecule has 0 aliphatic carbocycles. The van der Waals surface area contributed by atoms with Crippen LogP contribution < -0.4 is 15.8 Å². The SMILES string of the molecule is [B]C1NC1c1ccc(OC2CN(CC(N)=NC=N)C2)c(C=O)c1. The number of hydrogen-bond donors (Lipinski definition) is 3. The van der Waals surface area contributed by atoms with Crippen molar-refractivity contribution in [1.82, 2.24) is 10.2 Å². The number of ether oxygens (including phenoxy) is 1. The Balaban J connectivity index is 1.56. The smallest absolute Gasteiger partial charge is 0.153 e. The molecule has 0 aromatic heterocycles. The van der Waals surface area contributed by atoms with Crippen molar-refractivity contribution in [2.24, 2.45) is 10.7 Å². The minimum absolute atomic E-state index is 0.0219. The maximum atomic E-state index is 11.3. The summed E-state index contributed by atoms with van der Waals surface area (Å²) < 4.78 is 5.88. The summed E-state index contributed by atoms with van der Waals surface area (Å²) in [7, 11) is 5.75. The van der Waals surface area contributed by atoms with Gasteiger partial charge in [-0.1, -0.05) is 6.07 Å². The van der Waals surface area contributed by atoms with Gasteiger partial charge in [-0.2, -0.15) is 0 Å². The molecule has 1 aromatic carbocycles. The molecule has 2 unspecified atom stereocenters. The van der Waals surface area contributed by atoms with Crippen molar-refractivity contribution in [3.05, 3.63) is 29.3 Å². The molecule has 4 N–H and O–H groups in total. The molecule has 2 fully saturated rings. The van der Waals surface area contributed by atoms with Gasteiger partial charge in [-0.25, -0.2) is 4.99 Å². The highest BCUT2D eigenvalue weighted by Crippen LogP contribution is 2.31. The molecule has 2 heterocycles. The summed E-state index contributed by atoms with van der Waals surface area (Å²) in [5.74, 6) is 0.961. The topological polar surface area (TPSA) is 114 Å². The van der Waals surface area contributed by atoms with Crippen molar-refractivity contribution in [1.29, 1.82) is 5.41 Å². The van der Waals surface area contributed by atoms with Crippen molar-refractivity contribution >= 4 is 26.3 Å². The molecule has 0 spiro atoms. The van der Waals surface area contributed by atoms with Crippen LogP contribution in [0.2, 0.25) is 0 Å². The monoisotopic (exact) mass is 311 g/mol. The summed E-state index contributed by atoms with van der Waals surface area (Å²) >= 11 is 0. The first-order chi connectivity index (χ1) is 11.1. The zero-order valence-electron chi connectivity index (χ0n) is 12.6. The second-order valence-electron chi connectivity index (χ2n) is 5.77. The summed E-state index contributed by atoms with van der Waals surface area (Å²) in [6, 6.07) is 5.69. The van der Waals surface area contributed by atoms with Crippen molar-refractivity contribution in [3.8, 4) is 5.75 Å². The molecule has 2 atom stereocenters. The van der Waals surface area contributed by atoms with E-state index in [1.165, 1.54) is 0 Å². The third-order valence-corrected chi connectivity index (χ3v) is 3.98. The van der Waals surface area contributed by atoms with Gasteiger partial charge in [-0.3, -0.25) is 15.1 Å². The second-order valence-corrected chi connectivity index (χ2v) is 5.77. The predicted molar refractivity (Wildman–Crippen MR) is 88.5 cm³/mol. The maximum absolute atomic E-state index is 11.3. The van der Waals surface area contributed by atoms with Crippen LogP contribution >= 0.6 is 0 Å². The fourth-order valence-electron chi connectivity index (χ4n) is 2.67. The van der Waals surface area contributed by atoms with E-state index in [-0.39, 0.29) is 18.1 Å². The molecule has 118 valence electrons. The maximum Gasteiger partial charge on any atom is 0.153 e. The summed E-state index contributed by atoms with van der Waals surface area (Å²) in [4.78, 5) is 17.1. The van der Waals surface area contributed by atoms with E-state index in [1.807, 2.05) is 18.2 Å². The number of hydrogen-bond acceptors (Lipinski definition) is 5. The van der Waals surface area contributed by atoms with Gasteiger partial charge in [0.05, 0.1) is 20.0 Å². The van der Waals surface area contributed by atoms with Gasteiger partial charge >= 0.3 is 0 Å². The van der Waals surface area contributed by atoms with Gasteiger partial charge in [-0.05, 0) is 23.6 Å². The van der Waals surface area contributed by atoms with Gasteiger partial charge in [0.15, 0.2) is 6.29 Å². The number of carbonyl (C=O) groups is 1. The highest BCUT2D eigenvalue weighted by atomic mass is 16.5. The third-order valence-electron chi connectivity index (χ3n) is 3.98. The molecular weight excluding hydrogens is 293 g/mol. The zero-order valence-corrected chi connectivity index (χ0v) is 12.6. The molecule has 2 radical (unpaired) electrons. The van der Waals surface area contributed by atoms with E-state index < -0.39 is 0 Å². The van der Waals surface area contributed by atoms with Crippen LogP contribution in [0.3, 0.4) is 0 Å². The number of likely N-dealkylation sites (tertiary alicyclic amines) is 1. The Morgan fingerprint density at radius 2 is 2.30 bits per heavy atom. The van der Waals surface area contributed by atoms with Gasteiger partial charge in [0.2, 0.25) is 0 Å². The largest absolute Gasteiger partial charge is 0.487 e. The number of aldehydes is 1. The van der Waals surface area contributed by atoms with Crippen LogP contribution in [0, 0.1) is 5.41 Å². The molecule has 2 aliphatic rings.